The number of nitriles is 1. The van der Waals surface area contributed by atoms with Gasteiger partial charge in [0, 0.05) is 31.2 Å². The summed E-state index contributed by atoms with van der Waals surface area (Å²) in [5.74, 6) is 0.585. The van der Waals surface area contributed by atoms with Crippen LogP contribution in [-0.4, -0.2) is 31.4 Å². The van der Waals surface area contributed by atoms with Gasteiger partial charge in [0.25, 0.3) is 3.12 Å². The molecule has 0 aliphatic heterocycles. The number of amides is 1. The molecule has 0 aliphatic rings. The Hall–Kier alpha value is -0.000000000000000167. The third-order valence-corrected chi connectivity index (χ3v) is 3.43. The fourth-order valence-electron chi connectivity index (χ4n) is 0.624. The van der Waals surface area contributed by atoms with E-state index in [-0.39, 0.29) is 0 Å². The molecule has 0 aromatic carbocycles. The van der Waals surface area contributed by atoms with Crippen LogP contribution >= 0.6 is 58.5 Å². The Morgan fingerprint density at radius 3 is 2.67 bits per heavy atom. The first-order valence-electron chi connectivity index (χ1n) is 4.51. The van der Waals surface area contributed by atoms with E-state index in [0.717, 1.165) is 4.31 Å². The van der Waals surface area contributed by atoms with Crippen molar-refractivity contribution in [3.8, 4) is 6.07 Å². The molecule has 5 nitrogen and oxygen atoms in total. The van der Waals surface area contributed by atoms with Gasteiger partial charge < -0.3 is 0 Å². The zero-order valence-electron chi connectivity index (χ0n) is 9.52. The lowest BCUT2D eigenvalue weighted by Gasteiger charge is -2.17. The van der Waals surface area contributed by atoms with Crippen LogP contribution in [0.5, 0.6) is 0 Å². The Morgan fingerprint density at radius 1 is 1.56 bits per heavy atom. The summed E-state index contributed by atoms with van der Waals surface area (Å²) in [5.41, 5.74) is 0. The topological polar surface area (TPSA) is 65.7 Å². The van der Waals surface area contributed by atoms with Crippen molar-refractivity contribution in [1.82, 2.24) is 4.31 Å². The van der Waals surface area contributed by atoms with E-state index in [4.69, 9.17) is 40.1 Å². The van der Waals surface area contributed by atoms with Gasteiger partial charge in [0.1, 0.15) is 5.04 Å². The van der Waals surface area contributed by atoms with Gasteiger partial charge in [-0.05, 0) is 6.92 Å². The molecule has 0 saturated heterocycles. The second kappa shape index (κ2) is 8.99. The molecule has 0 aromatic heterocycles. The van der Waals surface area contributed by atoms with Gasteiger partial charge in [0.15, 0.2) is 0 Å². The predicted molar refractivity (Wildman–Crippen MR) is 77.9 cm³/mol. The number of oxime groups is 1. The summed E-state index contributed by atoms with van der Waals surface area (Å²) in [6.45, 7) is 1.66. The molecule has 18 heavy (non-hydrogen) atoms. The normalized spacial score (nSPS) is 11.9. The van der Waals surface area contributed by atoms with Gasteiger partial charge in [-0.3, -0.25) is 4.84 Å². The smallest absolute Gasteiger partial charge is 0.296 e. The molecule has 0 aliphatic carbocycles. The Kier molecular flexibility index (Phi) is 8.99. The lowest BCUT2D eigenvalue weighted by Crippen LogP contribution is -2.22. The van der Waals surface area contributed by atoms with E-state index in [2.05, 4.69) is 9.99 Å². The van der Waals surface area contributed by atoms with Crippen LogP contribution < -0.4 is 0 Å². The quantitative estimate of drug-likeness (QED) is 0.146. The van der Waals surface area contributed by atoms with Gasteiger partial charge >= 0.3 is 6.09 Å². The summed E-state index contributed by atoms with van der Waals surface area (Å²) in [7, 11) is 1.39. The molecular formula is C8H10Cl3N3O2S2. The number of halogens is 3. The molecule has 102 valence electrons. The van der Waals surface area contributed by atoms with E-state index in [1.165, 1.54) is 18.8 Å². The standard InChI is InChI=1S/C8H10Cl3N3O2S2/c1-6(17-5-3-4-12)13-16-7(15)14(2)18-8(9,10)11/h3,5H2,1-2H3. The van der Waals surface area contributed by atoms with Gasteiger partial charge in [-0.2, -0.15) is 5.26 Å². The predicted octanol–water partition coefficient (Wildman–Crippen LogP) is 4.01. The molecule has 0 aromatic rings. The summed E-state index contributed by atoms with van der Waals surface area (Å²) >= 11 is 18.5. The highest BCUT2D eigenvalue weighted by atomic mass is 35.6. The number of carbonyl (C=O) groups is 1. The summed E-state index contributed by atoms with van der Waals surface area (Å²) in [5, 5.41) is 12.5. The van der Waals surface area contributed by atoms with Crippen molar-refractivity contribution in [1.29, 1.82) is 5.26 Å². The summed E-state index contributed by atoms with van der Waals surface area (Å²) < 4.78 is -0.627. The minimum Gasteiger partial charge on any atom is -0.296 e. The molecule has 0 rings (SSSR count). The van der Waals surface area contributed by atoms with E-state index in [0.29, 0.717) is 29.2 Å². The first-order valence-corrected chi connectivity index (χ1v) is 7.40. The second-order valence-electron chi connectivity index (χ2n) is 2.76. The van der Waals surface area contributed by atoms with Gasteiger partial charge in [-0.15, -0.1) is 11.8 Å². The molecule has 0 radical (unpaired) electrons. The Balaban J connectivity index is 4.08. The second-order valence-corrected chi connectivity index (χ2v) is 8.34. The van der Waals surface area contributed by atoms with E-state index in [9.17, 15) is 4.79 Å². The third-order valence-electron chi connectivity index (χ3n) is 1.27. The minimum absolute atomic E-state index is 0.397. The van der Waals surface area contributed by atoms with Crippen LogP contribution in [0.25, 0.3) is 0 Å². The monoisotopic (exact) mass is 349 g/mol. The zero-order chi connectivity index (χ0) is 14.2. The Morgan fingerprint density at radius 2 is 2.17 bits per heavy atom. The van der Waals surface area contributed by atoms with Crippen LogP contribution in [0.15, 0.2) is 5.16 Å². The number of carbonyl (C=O) groups excluding carboxylic acids is 1. The van der Waals surface area contributed by atoms with Crippen molar-refractivity contribution < 1.29 is 9.63 Å². The van der Waals surface area contributed by atoms with E-state index >= 15 is 0 Å². The van der Waals surface area contributed by atoms with Crippen molar-refractivity contribution in [2.24, 2.45) is 5.16 Å². The first kappa shape index (κ1) is 18.0. The van der Waals surface area contributed by atoms with Crippen molar-refractivity contribution in [2.45, 2.75) is 16.5 Å². The largest absolute Gasteiger partial charge is 0.445 e. The van der Waals surface area contributed by atoms with Crippen LogP contribution in [0.3, 0.4) is 0 Å². The molecule has 0 bridgehead atoms. The van der Waals surface area contributed by atoms with E-state index < -0.39 is 9.22 Å². The molecule has 10 heteroatoms. The summed E-state index contributed by atoms with van der Waals surface area (Å²) in [6, 6.07) is 1.99. The van der Waals surface area contributed by atoms with Gasteiger partial charge in [-0.1, -0.05) is 40.0 Å². The van der Waals surface area contributed by atoms with Gasteiger partial charge in [-0.25, -0.2) is 9.10 Å². The van der Waals surface area contributed by atoms with E-state index in [1.54, 1.807) is 6.92 Å². The number of rotatable bonds is 4. The number of hydrogen-bond donors (Lipinski definition) is 0. The van der Waals surface area contributed by atoms with Crippen molar-refractivity contribution >= 4 is 69.6 Å². The molecule has 0 heterocycles. The van der Waals surface area contributed by atoms with Gasteiger partial charge in [0.2, 0.25) is 0 Å². The lowest BCUT2D eigenvalue weighted by atomic mass is 10.6. The van der Waals surface area contributed by atoms with Crippen LogP contribution in [0.1, 0.15) is 13.3 Å². The highest BCUT2D eigenvalue weighted by molar-refractivity contribution is 8.13. The minimum atomic E-state index is -1.64. The molecule has 0 fully saturated rings. The maximum atomic E-state index is 11.4. The van der Waals surface area contributed by atoms with Crippen molar-refractivity contribution in [3.63, 3.8) is 0 Å². The van der Waals surface area contributed by atoms with Crippen LogP contribution in [-0.2, 0) is 4.84 Å². The number of hydrogen-bond acceptors (Lipinski definition) is 6. The third kappa shape index (κ3) is 9.97. The van der Waals surface area contributed by atoms with Crippen molar-refractivity contribution in [2.75, 3.05) is 12.8 Å². The highest BCUT2D eigenvalue weighted by Gasteiger charge is 2.27. The Labute approximate surface area is 129 Å². The molecule has 0 unspecified atom stereocenters. The maximum absolute atomic E-state index is 11.4. The van der Waals surface area contributed by atoms with Gasteiger partial charge in [0.05, 0.1) is 6.07 Å². The molecule has 0 saturated carbocycles. The zero-order valence-corrected chi connectivity index (χ0v) is 13.4. The van der Waals surface area contributed by atoms with Crippen LogP contribution in [0, 0.1) is 11.3 Å². The average Bonchev–Trinajstić information content (AvgIpc) is 2.23. The van der Waals surface area contributed by atoms with Crippen LogP contribution in [0.2, 0.25) is 0 Å². The molecular weight excluding hydrogens is 341 g/mol. The number of nitrogens with zero attached hydrogens (tertiary/aromatic N) is 3. The van der Waals surface area contributed by atoms with Crippen molar-refractivity contribution in [3.05, 3.63) is 0 Å². The number of thioether (sulfide) groups is 1. The molecule has 0 atom stereocenters. The molecule has 0 N–H and O–H groups in total. The number of alkyl halides is 3. The van der Waals surface area contributed by atoms with E-state index in [1.807, 2.05) is 6.07 Å². The fraction of sp³-hybridized carbons (Fsp3) is 0.625. The molecule has 0 spiro atoms. The maximum Gasteiger partial charge on any atom is 0.445 e. The highest BCUT2D eigenvalue weighted by Crippen LogP contribution is 2.40. The Bertz CT molecular complexity index is 354. The summed E-state index contributed by atoms with van der Waals surface area (Å²) in [6.07, 6.45) is -0.361. The SMILES string of the molecule is CC(=NOC(=O)N(C)SC(Cl)(Cl)Cl)SCCC#N. The molecule has 1 amide bonds. The van der Waals surface area contributed by atoms with Crippen LogP contribution in [0.4, 0.5) is 4.79 Å². The fourth-order valence-corrected chi connectivity index (χ4v) is 2.55. The first-order chi connectivity index (χ1) is 8.26. The lowest BCUT2D eigenvalue weighted by molar-refractivity contribution is 0.137. The summed E-state index contributed by atoms with van der Waals surface area (Å²) in [4.78, 5) is 16.0. The average molecular weight is 351 g/mol.